The third-order valence-corrected chi connectivity index (χ3v) is 6.00. The second-order valence-electron chi connectivity index (χ2n) is 6.39. The zero-order valence-corrected chi connectivity index (χ0v) is 9.90. The predicted molar refractivity (Wildman–Crippen MR) is 61.6 cm³/mol. The van der Waals surface area contributed by atoms with Crippen LogP contribution in [0.3, 0.4) is 0 Å². The molecule has 4 heteroatoms. The summed E-state index contributed by atoms with van der Waals surface area (Å²) in [6.07, 6.45) is 6.42. The van der Waals surface area contributed by atoms with Crippen LogP contribution in [0.25, 0.3) is 0 Å². The highest BCUT2D eigenvalue weighted by Gasteiger charge is 2.67. The van der Waals surface area contributed by atoms with Gasteiger partial charge in [0.1, 0.15) is 0 Å². The maximum absolute atomic E-state index is 11.4. The van der Waals surface area contributed by atoms with Crippen LogP contribution in [-0.2, 0) is 9.59 Å². The minimum atomic E-state index is -0.903. The van der Waals surface area contributed by atoms with E-state index >= 15 is 0 Å². The van der Waals surface area contributed by atoms with Crippen molar-refractivity contribution < 1.29 is 19.8 Å². The number of carboxylic acid groups (broad SMARTS) is 2. The van der Waals surface area contributed by atoms with E-state index in [1.165, 1.54) is 0 Å². The third kappa shape index (κ3) is 1.03. The lowest BCUT2D eigenvalue weighted by Crippen LogP contribution is -2.43. The molecule has 4 nitrogen and oxygen atoms in total. The minimum absolute atomic E-state index is 0.0959. The van der Waals surface area contributed by atoms with Gasteiger partial charge in [0.25, 0.3) is 0 Å². The SMILES string of the molecule is O=C(O)[C@@H]1[C@H](C(=O)O)[C@@H]2C[C@H]1C1C2[C@H]2C=C[C@@H]1C2. The van der Waals surface area contributed by atoms with Crippen LogP contribution in [-0.4, -0.2) is 22.2 Å². The summed E-state index contributed by atoms with van der Waals surface area (Å²) in [5, 5.41) is 18.7. The largest absolute Gasteiger partial charge is 0.481 e. The molecule has 18 heavy (non-hydrogen) atoms. The van der Waals surface area contributed by atoms with E-state index in [1.54, 1.807) is 0 Å². The third-order valence-electron chi connectivity index (χ3n) is 6.00. The normalized spacial score (nSPS) is 54.9. The monoisotopic (exact) mass is 248 g/mol. The van der Waals surface area contributed by atoms with Gasteiger partial charge in [0, 0.05) is 0 Å². The molecular formula is C14H16O4. The van der Waals surface area contributed by atoms with Crippen molar-refractivity contribution in [1.82, 2.24) is 0 Å². The van der Waals surface area contributed by atoms with Crippen molar-refractivity contribution in [3.05, 3.63) is 12.2 Å². The molecule has 96 valence electrons. The average Bonchev–Trinajstić information content (AvgIpc) is 3.04. The summed E-state index contributed by atoms with van der Waals surface area (Å²) in [6, 6.07) is 0. The molecule has 2 unspecified atom stereocenters. The molecule has 3 saturated carbocycles. The first-order chi connectivity index (χ1) is 8.59. The van der Waals surface area contributed by atoms with Gasteiger partial charge in [0.2, 0.25) is 0 Å². The van der Waals surface area contributed by atoms with Gasteiger partial charge in [-0.2, -0.15) is 0 Å². The van der Waals surface area contributed by atoms with E-state index < -0.39 is 23.8 Å². The van der Waals surface area contributed by atoms with Crippen molar-refractivity contribution in [1.29, 1.82) is 0 Å². The molecule has 0 heterocycles. The van der Waals surface area contributed by atoms with Crippen molar-refractivity contribution in [2.45, 2.75) is 12.8 Å². The molecule has 4 aliphatic carbocycles. The second-order valence-corrected chi connectivity index (χ2v) is 6.39. The van der Waals surface area contributed by atoms with E-state index in [9.17, 15) is 19.8 Å². The summed E-state index contributed by atoms with van der Waals surface area (Å²) in [7, 11) is 0. The van der Waals surface area contributed by atoms with Crippen molar-refractivity contribution >= 4 is 11.9 Å². The summed E-state index contributed by atoms with van der Waals surface area (Å²) in [5.74, 6) is -0.984. The van der Waals surface area contributed by atoms with Crippen LogP contribution in [0.15, 0.2) is 12.2 Å². The first-order valence-corrected chi connectivity index (χ1v) is 6.73. The summed E-state index contributed by atoms with van der Waals surface area (Å²) in [5.41, 5.74) is 0. The standard InChI is InChI=1S/C14H16O4/c15-13(16)11-7-4-8(12(11)14(17)18)10-6-2-1-5(3-6)9(7)10/h1-2,5-12H,3-4H2,(H,15,16)(H,17,18)/t5-,6+,7+,8-,9?,10?,11+,12-. The number of rotatable bonds is 2. The topological polar surface area (TPSA) is 74.6 Å². The molecule has 0 aromatic carbocycles. The van der Waals surface area contributed by atoms with E-state index in [-0.39, 0.29) is 11.8 Å². The maximum Gasteiger partial charge on any atom is 0.307 e. The molecule has 0 amide bonds. The quantitative estimate of drug-likeness (QED) is 0.573. The Kier molecular flexibility index (Phi) is 1.86. The average molecular weight is 248 g/mol. The highest BCUT2D eigenvalue weighted by atomic mass is 16.4. The van der Waals surface area contributed by atoms with Crippen LogP contribution in [0.4, 0.5) is 0 Å². The number of carbonyl (C=O) groups is 2. The zero-order chi connectivity index (χ0) is 12.6. The van der Waals surface area contributed by atoms with Crippen molar-refractivity contribution in [2.24, 2.45) is 47.3 Å². The first kappa shape index (κ1) is 10.6. The fourth-order valence-electron chi connectivity index (χ4n) is 5.71. The fourth-order valence-corrected chi connectivity index (χ4v) is 5.71. The molecule has 4 bridgehead atoms. The number of carboxylic acids is 2. The Balaban J connectivity index is 1.76. The zero-order valence-electron chi connectivity index (χ0n) is 9.90. The predicted octanol–water partition coefficient (Wildman–Crippen LogP) is 1.48. The van der Waals surface area contributed by atoms with Gasteiger partial charge in [-0.1, -0.05) is 12.2 Å². The number of fused-ring (bicyclic) bond motifs is 9. The molecule has 0 aromatic rings. The second kappa shape index (κ2) is 3.16. The van der Waals surface area contributed by atoms with Crippen LogP contribution in [0.1, 0.15) is 12.8 Å². The molecule has 4 rings (SSSR count). The van der Waals surface area contributed by atoms with Crippen LogP contribution in [0.2, 0.25) is 0 Å². The number of hydrogen-bond donors (Lipinski definition) is 2. The number of aliphatic carboxylic acids is 2. The summed E-state index contributed by atoms with van der Waals surface area (Å²) in [6.45, 7) is 0. The van der Waals surface area contributed by atoms with Crippen molar-refractivity contribution in [2.75, 3.05) is 0 Å². The highest BCUT2D eigenvalue weighted by molar-refractivity contribution is 5.82. The van der Waals surface area contributed by atoms with Gasteiger partial charge in [-0.25, -0.2) is 0 Å². The number of hydrogen-bond acceptors (Lipinski definition) is 2. The lowest BCUT2D eigenvalue weighted by atomic mass is 9.65. The Morgan fingerprint density at radius 1 is 0.833 bits per heavy atom. The lowest BCUT2D eigenvalue weighted by molar-refractivity contribution is -0.159. The highest BCUT2D eigenvalue weighted by Crippen LogP contribution is 2.68. The van der Waals surface area contributed by atoms with E-state index in [4.69, 9.17) is 0 Å². The van der Waals surface area contributed by atoms with Gasteiger partial charge in [-0.05, 0) is 48.3 Å². The Morgan fingerprint density at radius 3 is 1.67 bits per heavy atom. The van der Waals surface area contributed by atoms with E-state index in [2.05, 4.69) is 12.2 Å². The fraction of sp³-hybridized carbons (Fsp3) is 0.714. The molecule has 0 aromatic heterocycles. The summed E-state index contributed by atoms with van der Waals surface area (Å²) in [4.78, 5) is 22.8. The van der Waals surface area contributed by atoms with E-state index in [0.717, 1.165) is 12.8 Å². The van der Waals surface area contributed by atoms with Gasteiger partial charge >= 0.3 is 11.9 Å². The van der Waals surface area contributed by atoms with Gasteiger partial charge < -0.3 is 10.2 Å². The van der Waals surface area contributed by atoms with E-state index in [0.29, 0.717) is 23.7 Å². The van der Waals surface area contributed by atoms with Gasteiger partial charge in [0.15, 0.2) is 0 Å². The maximum atomic E-state index is 11.4. The minimum Gasteiger partial charge on any atom is -0.481 e. The molecule has 0 saturated heterocycles. The van der Waals surface area contributed by atoms with Crippen LogP contribution >= 0.6 is 0 Å². The molecule has 0 spiro atoms. The van der Waals surface area contributed by atoms with Crippen LogP contribution in [0, 0.1) is 47.3 Å². The molecule has 4 aliphatic rings. The Hall–Kier alpha value is -1.32. The molecule has 0 radical (unpaired) electrons. The smallest absolute Gasteiger partial charge is 0.307 e. The summed E-state index contributed by atoms with van der Waals surface area (Å²) < 4.78 is 0. The Labute approximate surface area is 105 Å². The number of allylic oxidation sites excluding steroid dienone is 2. The molecule has 8 atom stereocenters. The lowest BCUT2D eigenvalue weighted by Gasteiger charge is -2.38. The molecule has 2 N–H and O–H groups in total. The van der Waals surface area contributed by atoms with Crippen molar-refractivity contribution in [3.63, 3.8) is 0 Å². The van der Waals surface area contributed by atoms with Gasteiger partial charge in [-0.15, -0.1) is 0 Å². The van der Waals surface area contributed by atoms with E-state index in [1.807, 2.05) is 0 Å². The van der Waals surface area contributed by atoms with Crippen LogP contribution in [0.5, 0.6) is 0 Å². The van der Waals surface area contributed by atoms with Gasteiger partial charge in [-0.3, -0.25) is 9.59 Å². The molecular weight excluding hydrogens is 232 g/mol. The first-order valence-electron chi connectivity index (χ1n) is 6.73. The van der Waals surface area contributed by atoms with Gasteiger partial charge in [0.05, 0.1) is 11.8 Å². The summed E-state index contributed by atoms with van der Waals surface area (Å²) >= 11 is 0. The Bertz CT molecular complexity index is 428. The Morgan fingerprint density at radius 2 is 1.28 bits per heavy atom. The molecule has 3 fully saturated rings. The van der Waals surface area contributed by atoms with Crippen molar-refractivity contribution in [3.8, 4) is 0 Å². The molecule has 0 aliphatic heterocycles. The van der Waals surface area contributed by atoms with Crippen LogP contribution < -0.4 is 0 Å².